The number of carbonyl (C=O) groups excluding carboxylic acids is 1. The van der Waals surface area contributed by atoms with Crippen LogP contribution in [0.4, 0.5) is 4.39 Å². The van der Waals surface area contributed by atoms with E-state index in [1.54, 1.807) is 12.1 Å². The van der Waals surface area contributed by atoms with E-state index in [-0.39, 0.29) is 17.8 Å². The standard InChI is InChI=1S/C14H17FN2OS/c1-2-3-11(8-16)17-14(18)13-6-9-4-5-10(15)7-12(9)19-13/h4-7,11H,2-3,8,16H2,1H3,(H,17,18). The van der Waals surface area contributed by atoms with Crippen molar-refractivity contribution in [2.24, 2.45) is 5.73 Å². The first kappa shape index (κ1) is 14.0. The second kappa shape index (κ2) is 6.12. The summed E-state index contributed by atoms with van der Waals surface area (Å²) in [7, 11) is 0. The van der Waals surface area contributed by atoms with Crippen molar-refractivity contribution < 1.29 is 9.18 Å². The van der Waals surface area contributed by atoms with Gasteiger partial charge in [-0.05, 0) is 30.0 Å². The number of nitrogens with two attached hydrogens (primary N) is 1. The van der Waals surface area contributed by atoms with Crippen molar-refractivity contribution in [3.05, 3.63) is 35.0 Å². The van der Waals surface area contributed by atoms with Gasteiger partial charge >= 0.3 is 0 Å². The van der Waals surface area contributed by atoms with E-state index < -0.39 is 0 Å². The summed E-state index contributed by atoms with van der Waals surface area (Å²) in [6.45, 7) is 2.48. The van der Waals surface area contributed by atoms with Gasteiger partial charge in [-0.25, -0.2) is 4.39 Å². The van der Waals surface area contributed by atoms with E-state index in [4.69, 9.17) is 5.73 Å². The molecule has 2 aromatic rings. The van der Waals surface area contributed by atoms with Gasteiger partial charge in [0.1, 0.15) is 5.82 Å². The molecule has 19 heavy (non-hydrogen) atoms. The first-order valence-electron chi connectivity index (χ1n) is 6.34. The molecule has 0 bridgehead atoms. The maximum absolute atomic E-state index is 13.1. The lowest BCUT2D eigenvalue weighted by atomic mass is 10.1. The number of rotatable bonds is 5. The molecule has 102 valence electrons. The van der Waals surface area contributed by atoms with Crippen molar-refractivity contribution >= 4 is 27.3 Å². The molecule has 1 aromatic heterocycles. The van der Waals surface area contributed by atoms with Gasteiger partial charge in [0.2, 0.25) is 0 Å². The minimum absolute atomic E-state index is 0.000511. The molecule has 0 aliphatic carbocycles. The molecule has 2 rings (SSSR count). The molecule has 0 aliphatic heterocycles. The third-order valence-electron chi connectivity index (χ3n) is 2.96. The fraction of sp³-hybridized carbons (Fsp3) is 0.357. The van der Waals surface area contributed by atoms with Crippen molar-refractivity contribution in [3.8, 4) is 0 Å². The Hall–Kier alpha value is -1.46. The second-order valence-corrected chi connectivity index (χ2v) is 5.57. The number of nitrogens with one attached hydrogen (secondary N) is 1. The highest BCUT2D eigenvalue weighted by molar-refractivity contribution is 7.20. The number of hydrogen-bond donors (Lipinski definition) is 2. The van der Waals surface area contributed by atoms with Gasteiger partial charge in [-0.2, -0.15) is 0 Å². The third-order valence-corrected chi connectivity index (χ3v) is 4.06. The lowest BCUT2D eigenvalue weighted by Crippen LogP contribution is -2.39. The Kier molecular flexibility index (Phi) is 4.50. The molecule has 1 amide bonds. The summed E-state index contributed by atoms with van der Waals surface area (Å²) < 4.78 is 13.9. The molecule has 3 nitrogen and oxygen atoms in total. The Labute approximate surface area is 115 Å². The molecular formula is C14H17FN2OS. The van der Waals surface area contributed by atoms with Gasteiger partial charge in [0.15, 0.2) is 0 Å². The summed E-state index contributed by atoms with van der Waals surface area (Å²) >= 11 is 1.30. The monoisotopic (exact) mass is 280 g/mol. The summed E-state index contributed by atoms with van der Waals surface area (Å²) in [5.74, 6) is -0.419. The van der Waals surface area contributed by atoms with Crippen molar-refractivity contribution in [1.82, 2.24) is 5.32 Å². The minimum Gasteiger partial charge on any atom is -0.347 e. The minimum atomic E-state index is -0.285. The predicted octanol–water partition coefficient (Wildman–Crippen LogP) is 2.90. The van der Waals surface area contributed by atoms with Gasteiger partial charge in [0.25, 0.3) is 5.91 Å². The van der Waals surface area contributed by atoms with E-state index in [2.05, 4.69) is 12.2 Å². The van der Waals surface area contributed by atoms with Gasteiger partial charge in [-0.15, -0.1) is 11.3 Å². The number of benzene rings is 1. The molecule has 0 fully saturated rings. The molecule has 3 N–H and O–H groups in total. The number of hydrogen-bond acceptors (Lipinski definition) is 3. The molecule has 0 saturated carbocycles. The average molecular weight is 280 g/mol. The molecule has 0 radical (unpaired) electrons. The van der Waals surface area contributed by atoms with E-state index in [1.807, 2.05) is 0 Å². The van der Waals surface area contributed by atoms with Crippen LogP contribution in [0.5, 0.6) is 0 Å². The zero-order valence-electron chi connectivity index (χ0n) is 10.8. The third kappa shape index (κ3) is 3.30. The summed E-state index contributed by atoms with van der Waals surface area (Å²) in [5, 5.41) is 3.80. The molecular weight excluding hydrogens is 263 g/mol. The van der Waals surface area contributed by atoms with Crippen LogP contribution >= 0.6 is 11.3 Å². The van der Waals surface area contributed by atoms with E-state index in [0.717, 1.165) is 22.9 Å². The fourth-order valence-corrected chi connectivity index (χ4v) is 2.96. The van der Waals surface area contributed by atoms with Crippen LogP contribution in [0.15, 0.2) is 24.3 Å². The topological polar surface area (TPSA) is 55.1 Å². The van der Waals surface area contributed by atoms with E-state index >= 15 is 0 Å². The molecule has 1 unspecified atom stereocenters. The first-order valence-corrected chi connectivity index (χ1v) is 7.15. The molecule has 0 aliphatic rings. The van der Waals surface area contributed by atoms with Crippen LogP contribution in [0.3, 0.4) is 0 Å². The Bertz CT molecular complexity index is 582. The SMILES string of the molecule is CCCC(CN)NC(=O)c1cc2ccc(F)cc2s1. The first-order chi connectivity index (χ1) is 9.13. The molecule has 0 saturated heterocycles. The van der Waals surface area contributed by atoms with Crippen molar-refractivity contribution in [2.45, 2.75) is 25.8 Å². The maximum Gasteiger partial charge on any atom is 0.261 e. The van der Waals surface area contributed by atoms with Crippen molar-refractivity contribution in [2.75, 3.05) is 6.54 Å². The number of fused-ring (bicyclic) bond motifs is 1. The lowest BCUT2D eigenvalue weighted by molar-refractivity contribution is 0.0940. The number of amides is 1. The maximum atomic E-state index is 13.1. The number of thiophene rings is 1. The van der Waals surface area contributed by atoms with Gasteiger partial charge in [0, 0.05) is 17.3 Å². The highest BCUT2D eigenvalue weighted by Gasteiger charge is 2.14. The highest BCUT2D eigenvalue weighted by Crippen LogP contribution is 2.26. The highest BCUT2D eigenvalue weighted by atomic mass is 32.1. The van der Waals surface area contributed by atoms with Crippen molar-refractivity contribution in [1.29, 1.82) is 0 Å². The van der Waals surface area contributed by atoms with E-state index in [0.29, 0.717) is 11.4 Å². The summed E-state index contributed by atoms with van der Waals surface area (Å²) in [4.78, 5) is 12.7. The van der Waals surface area contributed by atoms with E-state index in [1.165, 1.54) is 23.5 Å². The number of carbonyl (C=O) groups is 1. The second-order valence-electron chi connectivity index (χ2n) is 4.49. The molecule has 1 atom stereocenters. The van der Waals surface area contributed by atoms with Crippen LogP contribution in [-0.4, -0.2) is 18.5 Å². The quantitative estimate of drug-likeness (QED) is 0.884. The zero-order valence-corrected chi connectivity index (χ0v) is 11.6. The molecule has 5 heteroatoms. The van der Waals surface area contributed by atoms with Crippen molar-refractivity contribution in [3.63, 3.8) is 0 Å². The van der Waals surface area contributed by atoms with Crippen LogP contribution < -0.4 is 11.1 Å². The van der Waals surface area contributed by atoms with Gasteiger partial charge < -0.3 is 11.1 Å². The van der Waals surface area contributed by atoms with Gasteiger partial charge in [0.05, 0.1) is 4.88 Å². The average Bonchev–Trinajstić information content (AvgIpc) is 2.81. The Morgan fingerprint density at radius 3 is 2.95 bits per heavy atom. The summed E-state index contributed by atoms with van der Waals surface area (Å²) in [5.41, 5.74) is 5.62. The van der Waals surface area contributed by atoms with Gasteiger partial charge in [-0.3, -0.25) is 4.79 Å². The van der Waals surface area contributed by atoms with Crippen LogP contribution in [0.25, 0.3) is 10.1 Å². The van der Waals surface area contributed by atoms with Gasteiger partial charge in [-0.1, -0.05) is 19.4 Å². The van der Waals surface area contributed by atoms with Crippen LogP contribution in [0.1, 0.15) is 29.4 Å². The lowest BCUT2D eigenvalue weighted by Gasteiger charge is -2.14. The van der Waals surface area contributed by atoms with E-state index in [9.17, 15) is 9.18 Å². The zero-order chi connectivity index (χ0) is 13.8. The van der Waals surface area contributed by atoms with Crippen LogP contribution in [0.2, 0.25) is 0 Å². The Morgan fingerprint density at radius 1 is 1.47 bits per heavy atom. The molecule has 1 heterocycles. The smallest absolute Gasteiger partial charge is 0.261 e. The van der Waals surface area contributed by atoms with Crippen LogP contribution in [-0.2, 0) is 0 Å². The molecule has 0 spiro atoms. The number of halogens is 1. The predicted molar refractivity (Wildman–Crippen MR) is 77.0 cm³/mol. The Morgan fingerprint density at radius 2 is 2.26 bits per heavy atom. The fourth-order valence-electron chi connectivity index (χ4n) is 1.97. The Balaban J connectivity index is 2.17. The largest absolute Gasteiger partial charge is 0.347 e. The molecule has 1 aromatic carbocycles. The summed E-state index contributed by atoms with van der Waals surface area (Å²) in [6, 6.07) is 6.32. The normalized spacial score (nSPS) is 12.6. The van der Waals surface area contributed by atoms with Crippen LogP contribution in [0, 0.1) is 5.82 Å². The summed E-state index contributed by atoms with van der Waals surface area (Å²) in [6.07, 6.45) is 1.83.